The molecule has 0 aromatic heterocycles. The molecule has 0 spiro atoms. The maximum absolute atomic E-state index is 11.2. The van der Waals surface area contributed by atoms with E-state index < -0.39 is 31.2 Å². The van der Waals surface area contributed by atoms with Crippen molar-refractivity contribution in [1.29, 1.82) is 0 Å². The van der Waals surface area contributed by atoms with E-state index in [9.17, 15) is 5.11 Å². The van der Waals surface area contributed by atoms with Crippen LogP contribution in [0.15, 0.2) is 34.9 Å². The number of allylic oxidation sites excluding steroid dienone is 6. The summed E-state index contributed by atoms with van der Waals surface area (Å²) in [7, 11) is 1.21. The number of methoxy groups -OCH3 is 2. The lowest BCUT2D eigenvalue weighted by molar-refractivity contribution is -0.204. The van der Waals surface area contributed by atoms with E-state index in [0.717, 1.165) is 57.8 Å². The van der Waals surface area contributed by atoms with Gasteiger partial charge in [0.1, 0.15) is 13.6 Å². The topological polar surface area (TPSA) is 75.6 Å². The largest absolute Gasteiger partial charge is 0.411 e. The van der Waals surface area contributed by atoms with Crippen LogP contribution in [-0.2, 0) is 28.1 Å². The van der Waals surface area contributed by atoms with Gasteiger partial charge in [0, 0.05) is 14.2 Å². The predicted octanol–water partition coefficient (Wildman–Crippen LogP) is 10.4. The second-order valence-electron chi connectivity index (χ2n) is 16.9. The van der Waals surface area contributed by atoms with Crippen molar-refractivity contribution in [3.05, 3.63) is 34.9 Å². The maximum atomic E-state index is 11.2. The number of rotatable bonds is 23. The zero-order valence-corrected chi connectivity index (χ0v) is 34.8. The minimum absolute atomic E-state index is 0.0386. The average Bonchev–Trinajstić information content (AvgIpc) is 3.40. The molecule has 0 aromatic rings. The van der Waals surface area contributed by atoms with Gasteiger partial charge in [-0.15, -0.1) is 0 Å². The van der Waals surface area contributed by atoms with Crippen molar-refractivity contribution < 1.29 is 33.2 Å². The van der Waals surface area contributed by atoms with E-state index in [0.29, 0.717) is 6.42 Å². The Labute approximate surface area is 297 Å². The molecule has 0 saturated carbocycles. The molecule has 0 aromatic carbocycles. The van der Waals surface area contributed by atoms with Gasteiger partial charge in [0.25, 0.3) is 0 Å². The molecule has 0 unspecified atom stereocenters. The summed E-state index contributed by atoms with van der Waals surface area (Å²) in [6, 6.07) is 0. The molecule has 0 amide bonds. The summed E-state index contributed by atoms with van der Waals surface area (Å²) >= 11 is 0. The van der Waals surface area contributed by atoms with E-state index >= 15 is 0 Å². The molecular weight excluding hydrogens is 621 g/mol. The quantitative estimate of drug-likeness (QED) is 0.0647. The normalized spacial score (nSPS) is 22.9. The molecule has 282 valence electrons. The van der Waals surface area contributed by atoms with Crippen LogP contribution in [0.4, 0.5) is 0 Å². The lowest BCUT2D eigenvalue weighted by atomic mass is 9.88. The highest BCUT2D eigenvalue weighted by Gasteiger charge is 2.51. The van der Waals surface area contributed by atoms with Gasteiger partial charge in [0.2, 0.25) is 0 Å². The Hall–Kier alpha value is -0.843. The Kier molecular flexibility index (Phi) is 19.1. The van der Waals surface area contributed by atoms with Crippen LogP contribution < -0.4 is 0 Å². The molecule has 1 N–H and O–H groups in total. The number of hydrogen-bond donors (Lipinski definition) is 1. The summed E-state index contributed by atoms with van der Waals surface area (Å²) in [5.74, 6) is 0. The number of hydrogen-bond acceptors (Lipinski definition) is 7. The van der Waals surface area contributed by atoms with Crippen molar-refractivity contribution in [3.63, 3.8) is 0 Å². The van der Waals surface area contributed by atoms with Gasteiger partial charge in [-0.05, 0) is 138 Å². The van der Waals surface area contributed by atoms with Crippen LogP contribution >= 0.6 is 0 Å². The van der Waals surface area contributed by atoms with Crippen molar-refractivity contribution in [1.82, 2.24) is 0 Å². The summed E-state index contributed by atoms with van der Waals surface area (Å²) in [5.41, 5.74) is 2.32. The van der Waals surface area contributed by atoms with Crippen molar-refractivity contribution in [2.45, 2.75) is 194 Å². The first kappa shape index (κ1) is 45.2. The summed E-state index contributed by atoms with van der Waals surface area (Å²) in [4.78, 5) is 0. The van der Waals surface area contributed by atoms with Crippen molar-refractivity contribution in [3.8, 4) is 0 Å². The Morgan fingerprint density at radius 1 is 0.854 bits per heavy atom. The lowest BCUT2D eigenvalue weighted by Crippen LogP contribution is -2.52. The third kappa shape index (κ3) is 14.8. The Morgan fingerprint density at radius 2 is 1.42 bits per heavy atom. The molecular formula is C40H76O7Si. The van der Waals surface area contributed by atoms with E-state index in [-0.39, 0.29) is 30.8 Å². The van der Waals surface area contributed by atoms with Gasteiger partial charge in [0.05, 0.1) is 35.1 Å². The van der Waals surface area contributed by atoms with Gasteiger partial charge in [-0.1, -0.05) is 55.7 Å². The number of aliphatic hydroxyl groups is 1. The van der Waals surface area contributed by atoms with Gasteiger partial charge >= 0.3 is 0 Å². The van der Waals surface area contributed by atoms with E-state index in [2.05, 4.69) is 101 Å². The molecule has 48 heavy (non-hydrogen) atoms. The van der Waals surface area contributed by atoms with Gasteiger partial charge < -0.3 is 33.2 Å². The van der Waals surface area contributed by atoms with Crippen LogP contribution in [0.25, 0.3) is 0 Å². The fourth-order valence-corrected chi connectivity index (χ4v) is 7.58. The standard InChI is InChI=1S/C40H76O7Si/c1-31(2)19-17-26-38(9,44-29-42-12)34(41)24-23-33(5)21-16-22-36(47-48(14,15)37(6,7)8)40(11)28-25-35(46-40)39(10,45-30-43-13)27-18-20-32(3)4/h19-21,34-36,41H,16-18,22-30H2,1-15H3/b33-21+/t34-,35+,36-,38+,39-,40+/m0/s1. The first-order valence-electron chi connectivity index (χ1n) is 18.4. The monoisotopic (exact) mass is 697 g/mol. The molecule has 1 saturated heterocycles. The summed E-state index contributed by atoms with van der Waals surface area (Å²) in [5, 5.41) is 11.3. The molecule has 1 aliphatic heterocycles. The van der Waals surface area contributed by atoms with Gasteiger partial charge in [-0.2, -0.15) is 0 Å². The van der Waals surface area contributed by atoms with Gasteiger partial charge in [0.15, 0.2) is 8.32 Å². The number of aliphatic hydroxyl groups excluding tert-OH is 1. The van der Waals surface area contributed by atoms with E-state index in [1.54, 1.807) is 14.2 Å². The molecule has 6 atom stereocenters. The van der Waals surface area contributed by atoms with Crippen molar-refractivity contribution >= 4 is 8.32 Å². The van der Waals surface area contributed by atoms with Crippen LogP contribution in [-0.4, -0.2) is 76.3 Å². The molecule has 0 aliphatic carbocycles. The van der Waals surface area contributed by atoms with E-state index in [1.807, 2.05) is 6.92 Å². The van der Waals surface area contributed by atoms with Crippen LogP contribution in [0.3, 0.4) is 0 Å². The van der Waals surface area contributed by atoms with Crippen LogP contribution in [0.5, 0.6) is 0 Å². The van der Waals surface area contributed by atoms with Crippen molar-refractivity contribution in [2.75, 3.05) is 27.8 Å². The number of ether oxygens (including phenoxy) is 5. The van der Waals surface area contributed by atoms with Crippen molar-refractivity contribution in [2.24, 2.45) is 0 Å². The Morgan fingerprint density at radius 3 is 1.96 bits per heavy atom. The van der Waals surface area contributed by atoms with Crippen LogP contribution in [0.1, 0.15) is 140 Å². The van der Waals surface area contributed by atoms with Gasteiger partial charge in [-0.3, -0.25) is 0 Å². The highest BCUT2D eigenvalue weighted by molar-refractivity contribution is 6.74. The van der Waals surface area contributed by atoms with E-state index in [4.69, 9.17) is 28.1 Å². The highest BCUT2D eigenvalue weighted by Crippen LogP contribution is 2.46. The first-order valence-corrected chi connectivity index (χ1v) is 21.3. The molecule has 1 aliphatic rings. The fourth-order valence-electron chi connectivity index (χ4n) is 6.14. The third-order valence-electron chi connectivity index (χ3n) is 10.8. The minimum Gasteiger partial charge on any atom is -0.411 e. The molecule has 0 radical (unpaired) electrons. The minimum atomic E-state index is -2.08. The second-order valence-corrected chi connectivity index (χ2v) is 21.6. The van der Waals surface area contributed by atoms with Gasteiger partial charge in [-0.25, -0.2) is 0 Å². The first-order chi connectivity index (χ1) is 22.1. The zero-order valence-electron chi connectivity index (χ0n) is 33.8. The Bertz CT molecular complexity index is 1020. The van der Waals surface area contributed by atoms with Crippen LogP contribution in [0, 0.1) is 0 Å². The Balaban J connectivity index is 3.11. The summed E-state index contributed by atoms with van der Waals surface area (Å²) in [6.45, 7) is 29.1. The summed E-state index contributed by atoms with van der Waals surface area (Å²) in [6.07, 6.45) is 14.6. The fraction of sp³-hybridized carbons (Fsp3) is 0.850. The van der Waals surface area contributed by atoms with Crippen LogP contribution in [0.2, 0.25) is 18.1 Å². The smallest absolute Gasteiger partial charge is 0.192 e. The third-order valence-corrected chi connectivity index (χ3v) is 15.2. The summed E-state index contributed by atoms with van der Waals surface area (Å²) < 4.78 is 37.2. The highest BCUT2D eigenvalue weighted by atomic mass is 28.4. The molecule has 0 bridgehead atoms. The average molecular weight is 697 g/mol. The molecule has 7 nitrogen and oxygen atoms in total. The zero-order chi connectivity index (χ0) is 36.8. The molecule has 8 heteroatoms. The second kappa shape index (κ2) is 20.3. The lowest BCUT2D eigenvalue weighted by Gasteiger charge is -2.45. The predicted molar refractivity (Wildman–Crippen MR) is 203 cm³/mol. The molecule has 1 heterocycles. The molecule has 1 fully saturated rings. The molecule has 1 rings (SSSR count). The maximum Gasteiger partial charge on any atom is 0.192 e. The SMILES string of the molecule is COCO[C@](C)(CCC=C(C)C)[C@@H](O)CC/C(C)=C/CC[C@H](O[Si](C)(C)C(C)(C)C)[C@@]1(C)CC[C@H]([C@](C)(CCC=C(C)C)OCOC)O1. The van der Waals surface area contributed by atoms with E-state index in [1.165, 1.54) is 16.7 Å².